The average molecular weight is 323 g/mol. The Morgan fingerprint density at radius 2 is 1.84 bits per heavy atom. The summed E-state index contributed by atoms with van der Waals surface area (Å²) in [7, 11) is 1.91. The molecule has 1 unspecified atom stereocenters. The molecule has 0 fully saturated rings. The molecule has 0 aliphatic heterocycles. The maximum atomic E-state index is 10.5. The number of halogens is 1. The Kier molecular flexibility index (Phi) is 4.11. The van der Waals surface area contributed by atoms with Gasteiger partial charge in [0.15, 0.2) is 0 Å². The number of aryl methyl sites for hydroxylation is 4. The molecule has 0 amide bonds. The summed E-state index contributed by atoms with van der Waals surface area (Å²) in [4.78, 5) is 0. The number of rotatable bonds is 3. The van der Waals surface area contributed by atoms with Crippen molar-refractivity contribution < 1.29 is 5.11 Å². The normalized spacial score (nSPS) is 12.7. The first-order valence-corrected chi connectivity index (χ1v) is 7.13. The van der Waals surface area contributed by atoms with Gasteiger partial charge in [0.2, 0.25) is 0 Å². The summed E-state index contributed by atoms with van der Waals surface area (Å²) in [6, 6.07) is 6.09. The second-order valence-electron chi connectivity index (χ2n) is 5.00. The van der Waals surface area contributed by atoms with Crippen molar-refractivity contribution in [3.63, 3.8) is 0 Å². The van der Waals surface area contributed by atoms with Gasteiger partial charge in [-0.1, -0.05) is 18.2 Å². The van der Waals surface area contributed by atoms with Crippen molar-refractivity contribution >= 4 is 15.9 Å². The van der Waals surface area contributed by atoms with Gasteiger partial charge < -0.3 is 5.11 Å². The quantitative estimate of drug-likeness (QED) is 0.940. The highest BCUT2D eigenvalue weighted by molar-refractivity contribution is 9.10. The minimum atomic E-state index is -0.507. The Hall–Kier alpha value is -1.13. The molecule has 4 heteroatoms. The first kappa shape index (κ1) is 14.3. The molecule has 0 bridgehead atoms. The summed E-state index contributed by atoms with van der Waals surface area (Å²) in [6.45, 7) is 6.03. The maximum absolute atomic E-state index is 10.5. The lowest BCUT2D eigenvalue weighted by Gasteiger charge is -2.17. The molecule has 2 rings (SSSR count). The molecule has 1 heterocycles. The van der Waals surface area contributed by atoms with Crippen LogP contribution in [0.5, 0.6) is 0 Å². The zero-order valence-corrected chi connectivity index (χ0v) is 13.3. The predicted molar refractivity (Wildman–Crippen MR) is 80.2 cm³/mol. The number of aromatic nitrogens is 2. The summed E-state index contributed by atoms with van der Waals surface area (Å²) in [5, 5.41) is 14.9. The van der Waals surface area contributed by atoms with Gasteiger partial charge in [0.05, 0.1) is 22.0 Å². The first-order valence-electron chi connectivity index (χ1n) is 6.34. The van der Waals surface area contributed by atoms with E-state index in [0.717, 1.165) is 32.6 Å². The topological polar surface area (TPSA) is 38.1 Å². The minimum Gasteiger partial charge on any atom is -0.388 e. The van der Waals surface area contributed by atoms with Crippen LogP contribution >= 0.6 is 15.9 Å². The molecular formula is C15H19BrN2O. The number of aliphatic hydroxyl groups is 1. The van der Waals surface area contributed by atoms with Gasteiger partial charge in [-0.05, 0) is 53.4 Å². The summed E-state index contributed by atoms with van der Waals surface area (Å²) in [6.07, 6.45) is 0.0520. The SMILES string of the molecule is Cc1cccc(C)c1C(O)Cc1c(Br)c(C)nn1C. The van der Waals surface area contributed by atoms with Crippen LogP contribution in [-0.4, -0.2) is 14.9 Å². The molecule has 19 heavy (non-hydrogen) atoms. The molecule has 1 aromatic carbocycles. The lowest BCUT2D eigenvalue weighted by Crippen LogP contribution is -2.09. The van der Waals surface area contributed by atoms with Crippen molar-refractivity contribution in [1.82, 2.24) is 9.78 Å². The second kappa shape index (κ2) is 5.47. The van der Waals surface area contributed by atoms with Gasteiger partial charge in [-0.3, -0.25) is 4.68 Å². The molecule has 0 aliphatic carbocycles. The van der Waals surface area contributed by atoms with E-state index in [2.05, 4.69) is 21.0 Å². The fourth-order valence-electron chi connectivity index (χ4n) is 2.54. The van der Waals surface area contributed by atoms with E-state index in [1.165, 1.54) is 0 Å². The summed E-state index contributed by atoms with van der Waals surface area (Å²) in [5.41, 5.74) is 5.25. The van der Waals surface area contributed by atoms with E-state index in [1.807, 2.05) is 50.7 Å². The highest BCUT2D eigenvalue weighted by Gasteiger charge is 2.18. The largest absolute Gasteiger partial charge is 0.388 e. The average Bonchev–Trinajstić information content (AvgIpc) is 2.56. The van der Waals surface area contributed by atoms with Gasteiger partial charge in [0, 0.05) is 13.5 Å². The zero-order chi connectivity index (χ0) is 14.2. The third-order valence-electron chi connectivity index (χ3n) is 3.52. The number of benzene rings is 1. The van der Waals surface area contributed by atoms with Crippen molar-refractivity contribution in [3.05, 3.63) is 50.8 Å². The van der Waals surface area contributed by atoms with Crippen molar-refractivity contribution in [2.75, 3.05) is 0 Å². The van der Waals surface area contributed by atoms with Crippen LogP contribution in [0, 0.1) is 20.8 Å². The van der Waals surface area contributed by atoms with Crippen molar-refractivity contribution in [2.45, 2.75) is 33.3 Å². The van der Waals surface area contributed by atoms with E-state index >= 15 is 0 Å². The lowest BCUT2D eigenvalue weighted by atomic mass is 9.95. The van der Waals surface area contributed by atoms with Crippen LogP contribution < -0.4 is 0 Å². The Labute approximate surface area is 122 Å². The third kappa shape index (κ3) is 2.74. The fourth-order valence-corrected chi connectivity index (χ4v) is 3.04. The molecule has 3 nitrogen and oxygen atoms in total. The van der Waals surface area contributed by atoms with Crippen LogP contribution in [0.15, 0.2) is 22.7 Å². The van der Waals surface area contributed by atoms with Crippen molar-refractivity contribution in [3.8, 4) is 0 Å². The molecule has 1 atom stereocenters. The smallest absolute Gasteiger partial charge is 0.0850 e. The molecule has 102 valence electrons. The molecular weight excluding hydrogens is 304 g/mol. The van der Waals surface area contributed by atoms with Gasteiger partial charge in [0.25, 0.3) is 0 Å². The molecule has 2 aromatic rings. The standard InChI is InChI=1S/C15H19BrN2O/c1-9-6-5-7-10(2)14(9)13(19)8-12-15(16)11(3)17-18(12)4/h5-7,13,19H,8H2,1-4H3. The highest BCUT2D eigenvalue weighted by atomic mass is 79.9. The van der Waals surface area contributed by atoms with Gasteiger partial charge in [-0.2, -0.15) is 5.10 Å². The van der Waals surface area contributed by atoms with E-state index in [-0.39, 0.29) is 0 Å². The van der Waals surface area contributed by atoms with Crippen LogP contribution in [0.1, 0.15) is 34.2 Å². The Morgan fingerprint density at radius 1 is 1.26 bits per heavy atom. The molecule has 1 N–H and O–H groups in total. The number of hydrogen-bond donors (Lipinski definition) is 1. The Morgan fingerprint density at radius 3 is 2.32 bits per heavy atom. The number of nitrogens with zero attached hydrogens (tertiary/aromatic N) is 2. The van der Waals surface area contributed by atoms with E-state index in [1.54, 1.807) is 0 Å². The first-order chi connectivity index (χ1) is 8.91. The van der Waals surface area contributed by atoms with Crippen molar-refractivity contribution in [2.24, 2.45) is 7.05 Å². The monoisotopic (exact) mass is 322 g/mol. The third-order valence-corrected chi connectivity index (χ3v) is 4.56. The van der Waals surface area contributed by atoms with Crippen LogP contribution in [0.25, 0.3) is 0 Å². The van der Waals surface area contributed by atoms with Gasteiger partial charge in [0.1, 0.15) is 0 Å². The van der Waals surface area contributed by atoms with E-state index in [4.69, 9.17) is 0 Å². The molecule has 0 saturated heterocycles. The van der Waals surface area contributed by atoms with Gasteiger partial charge in [-0.25, -0.2) is 0 Å². The van der Waals surface area contributed by atoms with E-state index in [9.17, 15) is 5.11 Å². The minimum absolute atomic E-state index is 0.507. The molecule has 0 spiro atoms. The van der Waals surface area contributed by atoms with Gasteiger partial charge in [-0.15, -0.1) is 0 Å². The second-order valence-corrected chi connectivity index (χ2v) is 5.79. The van der Waals surface area contributed by atoms with E-state index < -0.39 is 6.10 Å². The molecule has 0 aliphatic rings. The van der Waals surface area contributed by atoms with Crippen LogP contribution in [-0.2, 0) is 13.5 Å². The van der Waals surface area contributed by atoms with Gasteiger partial charge >= 0.3 is 0 Å². The lowest BCUT2D eigenvalue weighted by molar-refractivity contribution is 0.174. The summed E-state index contributed by atoms with van der Waals surface area (Å²) in [5.74, 6) is 0. The van der Waals surface area contributed by atoms with Crippen LogP contribution in [0.2, 0.25) is 0 Å². The maximum Gasteiger partial charge on any atom is 0.0850 e. The van der Waals surface area contributed by atoms with E-state index in [0.29, 0.717) is 6.42 Å². The summed E-state index contributed by atoms with van der Waals surface area (Å²) < 4.78 is 2.82. The predicted octanol–water partition coefficient (Wildman–Crippen LogP) is 3.38. The summed E-state index contributed by atoms with van der Waals surface area (Å²) >= 11 is 3.54. The van der Waals surface area contributed by atoms with Crippen molar-refractivity contribution in [1.29, 1.82) is 0 Å². The van der Waals surface area contributed by atoms with Crippen LogP contribution in [0.3, 0.4) is 0 Å². The highest BCUT2D eigenvalue weighted by Crippen LogP contribution is 2.28. The molecule has 0 radical (unpaired) electrons. The Bertz CT molecular complexity index is 584. The zero-order valence-electron chi connectivity index (χ0n) is 11.7. The van der Waals surface area contributed by atoms with Crippen LogP contribution in [0.4, 0.5) is 0 Å². The Balaban J connectivity index is 2.33. The number of hydrogen-bond acceptors (Lipinski definition) is 2. The fraction of sp³-hybridized carbons (Fsp3) is 0.400. The molecule has 0 saturated carbocycles. The molecule has 1 aromatic heterocycles. The number of aliphatic hydroxyl groups excluding tert-OH is 1.